The van der Waals surface area contributed by atoms with Gasteiger partial charge in [0.15, 0.2) is 5.78 Å². The highest BCUT2D eigenvalue weighted by atomic mass is 16.6. The third-order valence-corrected chi connectivity index (χ3v) is 5.70. The molecule has 0 atom stereocenters. The lowest BCUT2D eigenvalue weighted by atomic mass is 9.73. The second-order valence-electron chi connectivity index (χ2n) is 11.4. The standard InChI is InChI=1S/C31H40O7/c1-29(2,3)37-26(33)17-19-31(20-18-27(34)38-30(4,5)6,25(32)21-23-13-9-7-10-14-23)28(35)36-22-24-15-11-8-12-16-24/h7-16H,17-22H2,1-6H3. The van der Waals surface area contributed by atoms with E-state index in [1.54, 1.807) is 65.8 Å². The van der Waals surface area contributed by atoms with Gasteiger partial charge >= 0.3 is 17.9 Å². The minimum absolute atomic E-state index is 0.0427. The molecule has 7 heteroatoms. The van der Waals surface area contributed by atoms with Gasteiger partial charge < -0.3 is 14.2 Å². The number of hydrogen-bond acceptors (Lipinski definition) is 7. The highest BCUT2D eigenvalue weighted by Gasteiger charge is 2.47. The maximum Gasteiger partial charge on any atom is 0.320 e. The fourth-order valence-corrected chi connectivity index (χ4v) is 3.95. The Kier molecular flexibility index (Phi) is 10.8. The number of carbonyl (C=O) groups is 4. The highest BCUT2D eigenvalue weighted by molar-refractivity contribution is 6.05. The topological polar surface area (TPSA) is 96.0 Å². The van der Waals surface area contributed by atoms with Gasteiger partial charge in [0.1, 0.15) is 23.2 Å². The van der Waals surface area contributed by atoms with E-state index in [0.29, 0.717) is 5.56 Å². The molecule has 38 heavy (non-hydrogen) atoms. The Morgan fingerprint density at radius 1 is 0.632 bits per heavy atom. The number of esters is 3. The predicted octanol–water partition coefficient (Wildman–Crippen LogP) is 5.77. The predicted molar refractivity (Wildman–Crippen MR) is 144 cm³/mol. The number of carbonyl (C=O) groups excluding carboxylic acids is 4. The Morgan fingerprint density at radius 3 is 1.47 bits per heavy atom. The van der Waals surface area contributed by atoms with Crippen molar-refractivity contribution in [2.24, 2.45) is 5.41 Å². The number of benzene rings is 2. The Hall–Kier alpha value is -3.48. The molecular formula is C31H40O7. The van der Waals surface area contributed by atoms with Crippen LogP contribution in [0, 0.1) is 5.41 Å². The Balaban J connectivity index is 2.39. The Bertz CT molecular complexity index is 1040. The summed E-state index contributed by atoms with van der Waals surface area (Å²) in [5, 5.41) is 0. The number of Topliss-reactive ketones (excluding diaryl/α,β-unsaturated/α-hetero) is 1. The van der Waals surface area contributed by atoms with Crippen molar-refractivity contribution in [1.82, 2.24) is 0 Å². The van der Waals surface area contributed by atoms with E-state index < -0.39 is 40.3 Å². The zero-order valence-corrected chi connectivity index (χ0v) is 23.4. The summed E-state index contributed by atoms with van der Waals surface area (Å²) in [6, 6.07) is 18.1. The van der Waals surface area contributed by atoms with Crippen LogP contribution >= 0.6 is 0 Å². The van der Waals surface area contributed by atoms with Crippen molar-refractivity contribution in [2.45, 2.75) is 91.5 Å². The van der Waals surface area contributed by atoms with Crippen molar-refractivity contribution in [3.05, 3.63) is 71.8 Å². The molecule has 0 saturated carbocycles. The summed E-state index contributed by atoms with van der Waals surface area (Å²) in [6.45, 7) is 10.4. The van der Waals surface area contributed by atoms with Crippen LogP contribution in [0.4, 0.5) is 0 Å². The van der Waals surface area contributed by atoms with Crippen molar-refractivity contribution >= 4 is 23.7 Å². The largest absolute Gasteiger partial charge is 0.460 e. The second kappa shape index (κ2) is 13.4. The summed E-state index contributed by atoms with van der Waals surface area (Å²) in [5.74, 6) is -2.27. The quantitative estimate of drug-likeness (QED) is 0.197. The molecule has 0 unspecified atom stereocenters. The van der Waals surface area contributed by atoms with Crippen LogP contribution in [-0.4, -0.2) is 34.9 Å². The number of ether oxygens (including phenoxy) is 3. The molecule has 0 radical (unpaired) electrons. The molecule has 2 aromatic rings. The molecule has 2 aromatic carbocycles. The van der Waals surface area contributed by atoms with Gasteiger partial charge in [-0.15, -0.1) is 0 Å². The van der Waals surface area contributed by atoms with Crippen molar-refractivity contribution in [2.75, 3.05) is 0 Å². The zero-order valence-electron chi connectivity index (χ0n) is 23.4. The van der Waals surface area contributed by atoms with Crippen LogP contribution in [0.5, 0.6) is 0 Å². The first-order valence-corrected chi connectivity index (χ1v) is 12.9. The van der Waals surface area contributed by atoms with E-state index in [0.717, 1.165) is 5.56 Å². The SMILES string of the molecule is CC(C)(C)OC(=O)CCC(CCC(=O)OC(C)(C)C)(C(=O)Cc1ccccc1)C(=O)OCc1ccccc1. The summed E-state index contributed by atoms with van der Waals surface area (Å²) in [5.41, 5.74) is -1.72. The summed E-state index contributed by atoms with van der Waals surface area (Å²) >= 11 is 0. The normalized spacial score (nSPS) is 11.9. The molecule has 0 heterocycles. The van der Waals surface area contributed by atoms with Crippen molar-refractivity contribution in [1.29, 1.82) is 0 Å². The van der Waals surface area contributed by atoms with Gasteiger partial charge in [0, 0.05) is 19.3 Å². The molecule has 0 fully saturated rings. The molecule has 0 N–H and O–H groups in total. The maximum absolute atomic E-state index is 13.9. The summed E-state index contributed by atoms with van der Waals surface area (Å²) in [4.78, 5) is 52.9. The molecule has 0 saturated heterocycles. The molecular weight excluding hydrogens is 484 g/mol. The number of hydrogen-bond donors (Lipinski definition) is 0. The first-order valence-electron chi connectivity index (χ1n) is 12.9. The highest BCUT2D eigenvalue weighted by Crippen LogP contribution is 2.36. The van der Waals surface area contributed by atoms with Gasteiger partial charge in [0.25, 0.3) is 0 Å². The average Bonchev–Trinajstić information content (AvgIpc) is 2.82. The first-order chi connectivity index (χ1) is 17.7. The van der Waals surface area contributed by atoms with Crippen LogP contribution < -0.4 is 0 Å². The lowest BCUT2D eigenvalue weighted by Gasteiger charge is -2.31. The minimum Gasteiger partial charge on any atom is -0.460 e. The van der Waals surface area contributed by atoms with E-state index in [4.69, 9.17) is 14.2 Å². The molecule has 2 rings (SSSR count). The van der Waals surface area contributed by atoms with Crippen molar-refractivity contribution < 1.29 is 33.4 Å². The van der Waals surface area contributed by atoms with Crippen molar-refractivity contribution in [3.63, 3.8) is 0 Å². The van der Waals surface area contributed by atoms with E-state index in [1.165, 1.54) is 0 Å². The molecule has 0 bridgehead atoms. The van der Waals surface area contributed by atoms with E-state index in [-0.39, 0.29) is 38.7 Å². The molecule has 206 valence electrons. The van der Waals surface area contributed by atoms with Gasteiger partial charge in [-0.2, -0.15) is 0 Å². The molecule has 0 amide bonds. The number of ketones is 1. The van der Waals surface area contributed by atoms with Gasteiger partial charge in [-0.3, -0.25) is 19.2 Å². The molecule has 0 aromatic heterocycles. The van der Waals surface area contributed by atoms with Crippen LogP contribution in [-0.2, 0) is 46.4 Å². The summed E-state index contributed by atoms with van der Waals surface area (Å²) in [7, 11) is 0. The van der Waals surface area contributed by atoms with Crippen LogP contribution in [0.2, 0.25) is 0 Å². The van der Waals surface area contributed by atoms with Crippen LogP contribution in [0.15, 0.2) is 60.7 Å². The van der Waals surface area contributed by atoms with Crippen LogP contribution in [0.25, 0.3) is 0 Å². The lowest BCUT2D eigenvalue weighted by molar-refractivity contribution is -0.165. The lowest BCUT2D eigenvalue weighted by Crippen LogP contribution is -2.43. The smallest absolute Gasteiger partial charge is 0.320 e. The molecule has 0 aliphatic heterocycles. The molecule has 0 spiro atoms. The van der Waals surface area contributed by atoms with E-state index in [9.17, 15) is 19.2 Å². The van der Waals surface area contributed by atoms with Crippen LogP contribution in [0.3, 0.4) is 0 Å². The van der Waals surface area contributed by atoms with E-state index in [1.807, 2.05) is 36.4 Å². The Morgan fingerprint density at radius 2 is 1.05 bits per heavy atom. The maximum atomic E-state index is 13.9. The zero-order chi connectivity index (χ0) is 28.4. The van der Waals surface area contributed by atoms with E-state index >= 15 is 0 Å². The first kappa shape index (κ1) is 30.7. The fourth-order valence-electron chi connectivity index (χ4n) is 3.95. The van der Waals surface area contributed by atoms with Gasteiger partial charge in [0.05, 0.1) is 0 Å². The molecule has 0 aliphatic rings. The third kappa shape index (κ3) is 10.5. The van der Waals surface area contributed by atoms with Gasteiger partial charge in [-0.1, -0.05) is 60.7 Å². The third-order valence-electron chi connectivity index (χ3n) is 5.70. The Labute approximate surface area is 225 Å². The van der Waals surface area contributed by atoms with Crippen molar-refractivity contribution in [3.8, 4) is 0 Å². The second-order valence-corrected chi connectivity index (χ2v) is 11.4. The minimum atomic E-state index is -1.74. The van der Waals surface area contributed by atoms with Gasteiger partial charge in [0.2, 0.25) is 0 Å². The van der Waals surface area contributed by atoms with Gasteiger partial charge in [-0.25, -0.2) is 0 Å². The van der Waals surface area contributed by atoms with E-state index in [2.05, 4.69) is 0 Å². The van der Waals surface area contributed by atoms with Gasteiger partial charge in [-0.05, 0) is 65.5 Å². The van der Waals surface area contributed by atoms with Crippen LogP contribution in [0.1, 0.15) is 78.4 Å². The average molecular weight is 525 g/mol. The molecule has 7 nitrogen and oxygen atoms in total. The monoisotopic (exact) mass is 524 g/mol. The number of rotatable bonds is 12. The fraction of sp³-hybridized carbons (Fsp3) is 0.484. The molecule has 0 aliphatic carbocycles. The summed E-state index contributed by atoms with van der Waals surface area (Å²) in [6.07, 6.45) is -0.725. The summed E-state index contributed by atoms with van der Waals surface area (Å²) < 4.78 is 16.5.